The Hall–Kier alpha value is -4.81. The van der Waals surface area contributed by atoms with Crippen molar-refractivity contribution in [2.24, 2.45) is 5.14 Å². The van der Waals surface area contributed by atoms with Crippen LogP contribution >= 0.6 is 0 Å². The zero-order valence-corrected chi connectivity index (χ0v) is 29.8. The van der Waals surface area contributed by atoms with E-state index in [0.717, 1.165) is 56.5 Å². The van der Waals surface area contributed by atoms with Gasteiger partial charge in [-0.2, -0.15) is 0 Å². The number of pyridine rings is 2. The van der Waals surface area contributed by atoms with E-state index in [1.54, 1.807) is 12.4 Å². The quantitative estimate of drug-likeness (QED) is 0.0679. The lowest BCUT2D eigenvalue weighted by Crippen LogP contribution is -2.45. The van der Waals surface area contributed by atoms with E-state index < -0.39 is 41.0 Å². The summed E-state index contributed by atoms with van der Waals surface area (Å²) in [5, 5.41) is 32.7. The predicted octanol–water partition coefficient (Wildman–Crippen LogP) is 1.67. The summed E-state index contributed by atoms with van der Waals surface area (Å²) in [4.78, 5) is 59.7. The molecule has 0 unspecified atom stereocenters. The van der Waals surface area contributed by atoms with Crippen LogP contribution in [0.3, 0.4) is 0 Å². The Balaban J connectivity index is 1.33. The summed E-state index contributed by atoms with van der Waals surface area (Å²) in [6, 6.07) is 16.7. The molecule has 0 fully saturated rings. The molecule has 2 aromatic heterocycles. The number of nitrogens with one attached hydrogen (secondary N) is 3. The third-order valence-electron chi connectivity index (χ3n) is 7.89. The fraction of sp³-hybridized carbons (Fsp3) is 0.429. The molecular formula is C35H48N8O8S. The molecule has 282 valence electrons. The molecule has 0 atom stereocenters. The average Bonchev–Trinajstić information content (AvgIpc) is 3.09. The van der Waals surface area contributed by atoms with Crippen LogP contribution in [0.5, 0.6) is 0 Å². The molecule has 0 aliphatic heterocycles. The number of sulfonamides is 1. The first kappa shape index (κ1) is 41.6. The molecule has 0 saturated heterocycles. The molecule has 3 aromatic rings. The Bertz CT molecular complexity index is 1630. The van der Waals surface area contributed by atoms with E-state index in [1.807, 2.05) is 36.4 Å². The highest BCUT2D eigenvalue weighted by Crippen LogP contribution is 2.18. The first-order valence-electron chi connectivity index (χ1n) is 17.0. The maximum Gasteiger partial charge on any atom is 0.317 e. The van der Waals surface area contributed by atoms with E-state index in [0.29, 0.717) is 6.54 Å². The van der Waals surface area contributed by atoms with Crippen LogP contribution in [-0.4, -0.2) is 115 Å². The number of carbonyl (C=O) groups is 4. The number of anilines is 1. The number of carboxylic acids is 2. The van der Waals surface area contributed by atoms with Crippen LogP contribution in [0.2, 0.25) is 0 Å². The number of aromatic nitrogens is 2. The molecule has 3 rings (SSSR count). The first-order valence-corrected chi connectivity index (χ1v) is 18.6. The minimum absolute atomic E-state index is 0.00685. The highest BCUT2D eigenvalue weighted by Gasteiger charge is 2.20. The van der Waals surface area contributed by atoms with Crippen molar-refractivity contribution in [3.05, 3.63) is 84.4 Å². The van der Waals surface area contributed by atoms with E-state index in [4.69, 9.17) is 5.14 Å². The number of hydrogen-bond acceptors (Lipinski definition) is 11. The number of amides is 2. The maximum atomic E-state index is 12.6. The predicted molar refractivity (Wildman–Crippen MR) is 194 cm³/mol. The third kappa shape index (κ3) is 16.5. The Morgan fingerprint density at radius 1 is 0.673 bits per heavy atom. The van der Waals surface area contributed by atoms with Crippen molar-refractivity contribution in [3.8, 4) is 0 Å². The van der Waals surface area contributed by atoms with Gasteiger partial charge in [-0.05, 0) is 67.9 Å². The average molecular weight is 741 g/mol. The van der Waals surface area contributed by atoms with Crippen molar-refractivity contribution in [2.45, 2.75) is 49.5 Å². The number of hydrogen-bond donors (Lipinski definition) is 6. The number of unbranched alkanes of at least 4 members (excludes halogenated alkanes) is 5. The van der Waals surface area contributed by atoms with Gasteiger partial charge in [0.15, 0.2) is 0 Å². The Morgan fingerprint density at radius 2 is 1.17 bits per heavy atom. The second-order valence-electron chi connectivity index (χ2n) is 12.2. The maximum absolute atomic E-state index is 12.6. The van der Waals surface area contributed by atoms with Gasteiger partial charge in [-0.1, -0.05) is 37.8 Å². The van der Waals surface area contributed by atoms with Gasteiger partial charge in [0, 0.05) is 37.7 Å². The number of nitrogens with two attached hydrogens (primary N) is 1. The molecule has 0 aliphatic rings. The van der Waals surface area contributed by atoms with E-state index in [2.05, 4.69) is 25.9 Å². The molecule has 2 amide bonds. The van der Waals surface area contributed by atoms with Gasteiger partial charge in [-0.3, -0.25) is 38.9 Å². The standard InChI is InChI=1S/C35H48N8O8S/c36-52(50,51)28-15-13-27(14-16-28)41-32(45)24-43(26-34(48)49)22-21-42(25-33(46)47)23-31(44)39-19-7-3-1-2-4-8-20-40-35(29-11-5-9-17-37-29)30-12-6-10-18-38-30/h5-6,9-18,35,40H,1-4,7-8,19-26H2,(H,39,44)(H,41,45)(H,46,47)(H,48,49)(H2,36,50,51). The molecule has 16 nitrogen and oxygen atoms in total. The summed E-state index contributed by atoms with van der Waals surface area (Å²) in [7, 11) is -3.91. The van der Waals surface area contributed by atoms with Crippen molar-refractivity contribution in [3.63, 3.8) is 0 Å². The van der Waals surface area contributed by atoms with Crippen molar-refractivity contribution >= 4 is 39.5 Å². The van der Waals surface area contributed by atoms with Crippen molar-refractivity contribution in [1.82, 2.24) is 30.4 Å². The number of aliphatic carboxylic acids is 2. The molecule has 52 heavy (non-hydrogen) atoms. The molecule has 0 spiro atoms. The van der Waals surface area contributed by atoms with Crippen LogP contribution in [0.1, 0.15) is 56.0 Å². The number of nitrogens with zero attached hydrogens (tertiary/aromatic N) is 4. The monoisotopic (exact) mass is 740 g/mol. The van der Waals surface area contributed by atoms with Crippen LogP contribution in [0.15, 0.2) is 78.0 Å². The molecule has 0 saturated carbocycles. The first-order chi connectivity index (χ1) is 24.9. The minimum Gasteiger partial charge on any atom is -0.480 e. The molecule has 17 heteroatoms. The minimum atomic E-state index is -3.91. The van der Waals surface area contributed by atoms with Gasteiger partial charge < -0.3 is 26.2 Å². The molecule has 2 heterocycles. The zero-order valence-electron chi connectivity index (χ0n) is 29.0. The molecule has 0 radical (unpaired) electrons. The number of rotatable bonds is 25. The van der Waals surface area contributed by atoms with Crippen molar-refractivity contribution in [2.75, 3.05) is 57.7 Å². The summed E-state index contributed by atoms with van der Waals surface area (Å²) >= 11 is 0. The van der Waals surface area contributed by atoms with Crippen molar-refractivity contribution in [1.29, 1.82) is 0 Å². The molecule has 1 aromatic carbocycles. The van der Waals surface area contributed by atoms with E-state index in [1.165, 1.54) is 34.1 Å². The van der Waals surface area contributed by atoms with Gasteiger partial charge in [0.2, 0.25) is 21.8 Å². The second kappa shape index (κ2) is 22.2. The fourth-order valence-electron chi connectivity index (χ4n) is 5.37. The smallest absolute Gasteiger partial charge is 0.317 e. The van der Waals surface area contributed by atoms with Crippen LogP contribution in [0, 0.1) is 0 Å². The van der Waals surface area contributed by atoms with Gasteiger partial charge in [0.05, 0.1) is 48.5 Å². The lowest BCUT2D eigenvalue weighted by Gasteiger charge is -2.25. The second-order valence-corrected chi connectivity index (χ2v) is 13.8. The van der Waals surface area contributed by atoms with Crippen LogP contribution in [-0.2, 0) is 29.2 Å². The van der Waals surface area contributed by atoms with Crippen LogP contribution < -0.4 is 21.1 Å². The van der Waals surface area contributed by atoms with E-state index in [-0.39, 0.29) is 48.7 Å². The van der Waals surface area contributed by atoms with E-state index >= 15 is 0 Å². The summed E-state index contributed by atoms with van der Waals surface area (Å²) < 4.78 is 22.9. The van der Waals surface area contributed by atoms with Gasteiger partial charge in [-0.25, -0.2) is 13.6 Å². The molecule has 0 aliphatic carbocycles. The van der Waals surface area contributed by atoms with Gasteiger partial charge in [0.25, 0.3) is 0 Å². The highest BCUT2D eigenvalue weighted by atomic mass is 32.2. The number of benzene rings is 1. The Morgan fingerprint density at radius 3 is 1.65 bits per heavy atom. The van der Waals surface area contributed by atoms with Crippen molar-refractivity contribution < 1.29 is 37.8 Å². The molecule has 7 N–H and O–H groups in total. The molecular weight excluding hydrogens is 692 g/mol. The lowest BCUT2D eigenvalue weighted by molar-refractivity contribution is -0.141. The normalized spacial score (nSPS) is 11.5. The summed E-state index contributed by atoms with van der Waals surface area (Å²) in [5.74, 6) is -3.27. The SMILES string of the molecule is NS(=O)(=O)c1ccc(NC(=O)CN(CCN(CC(=O)O)CC(=O)NCCCCCCCCNC(c2ccccn2)c2ccccn2)CC(=O)O)cc1. The number of carbonyl (C=O) groups excluding carboxylic acids is 2. The Labute approximate surface area is 303 Å². The number of primary sulfonamides is 1. The summed E-state index contributed by atoms with van der Waals surface area (Å²) in [6.45, 7) is -0.225. The highest BCUT2D eigenvalue weighted by molar-refractivity contribution is 7.89. The molecule has 0 bridgehead atoms. The van der Waals surface area contributed by atoms with Gasteiger partial charge in [0.1, 0.15) is 0 Å². The topological polar surface area (TPSA) is 237 Å². The van der Waals surface area contributed by atoms with Crippen LogP contribution in [0.4, 0.5) is 5.69 Å². The van der Waals surface area contributed by atoms with Gasteiger partial charge in [-0.15, -0.1) is 0 Å². The number of carboxylic acid groups (broad SMARTS) is 2. The fourth-order valence-corrected chi connectivity index (χ4v) is 5.88. The zero-order chi connectivity index (χ0) is 37.8. The Kier molecular flexibility index (Phi) is 17.8. The largest absolute Gasteiger partial charge is 0.480 e. The third-order valence-corrected chi connectivity index (χ3v) is 8.82. The lowest BCUT2D eigenvalue weighted by atomic mass is 10.1. The summed E-state index contributed by atoms with van der Waals surface area (Å²) in [6.07, 6.45) is 9.37. The van der Waals surface area contributed by atoms with E-state index in [9.17, 15) is 37.8 Å². The van der Waals surface area contributed by atoms with Gasteiger partial charge >= 0.3 is 11.9 Å². The van der Waals surface area contributed by atoms with Crippen LogP contribution in [0.25, 0.3) is 0 Å². The summed E-state index contributed by atoms with van der Waals surface area (Å²) in [5.41, 5.74) is 2.12.